The first-order valence-electron chi connectivity index (χ1n) is 3.53. The van der Waals surface area contributed by atoms with Gasteiger partial charge in [0.1, 0.15) is 0 Å². The Morgan fingerprint density at radius 2 is 2.08 bits per heavy atom. The summed E-state index contributed by atoms with van der Waals surface area (Å²) in [6.45, 7) is 0.495. The van der Waals surface area contributed by atoms with E-state index in [2.05, 4.69) is 9.97 Å². The molecule has 0 spiro atoms. The highest BCUT2D eigenvalue weighted by Crippen LogP contribution is 2.13. The van der Waals surface area contributed by atoms with Crippen LogP contribution in [-0.4, -0.2) is 9.97 Å². The van der Waals surface area contributed by atoms with Gasteiger partial charge >= 0.3 is 0 Å². The van der Waals surface area contributed by atoms with Crippen molar-refractivity contribution in [1.82, 2.24) is 9.97 Å². The van der Waals surface area contributed by atoms with E-state index in [1.807, 2.05) is 18.3 Å². The first-order valence-corrected chi connectivity index (χ1v) is 3.53. The van der Waals surface area contributed by atoms with Crippen LogP contribution in [0.5, 0.6) is 0 Å². The van der Waals surface area contributed by atoms with Crippen molar-refractivity contribution in [2.75, 3.05) is 0 Å². The third kappa shape index (κ3) is 2.12. The molecular weight excluding hydrogens is 209 g/mol. The molecule has 0 saturated carbocycles. The maximum atomic E-state index is 5.50. The Hall–Kier alpha value is -0.770. The average molecular weight is 220 g/mol. The smallest absolute Gasteiger partial charge is 0.0633 e. The molecule has 0 aliphatic heterocycles. The number of hydrogen-bond acceptors (Lipinski definition) is 2. The molecule has 0 aliphatic rings. The number of halogens is 2. The van der Waals surface area contributed by atoms with E-state index in [4.69, 9.17) is 5.73 Å². The van der Waals surface area contributed by atoms with Crippen LogP contribution in [0, 0.1) is 0 Å². The molecule has 0 atom stereocenters. The lowest BCUT2D eigenvalue weighted by molar-refractivity contribution is 1.01. The van der Waals surface area contributed by atoms with Crippen LogP contribution in [0.25, 0.3) is 10.9 Å². The van der Waals surface area contributed by atoms with Crippen molar-refractivity contribution in [3.05, 3.63) is 30.2 Å². The number of H-pyrrole nitrogens is 1. The summed E-state index contributed by atoms with van der Waals surface area (Å²) in [5.74, 6) is 0. The predicted molar refractivity (Wildman–Crippen MR) is 58.5 cm³/mol. The number of aromatic amines is 1. The molecule has 2 rings (SSSR count). The van der Waals surface area contributed by atoms with Gasteiger partial charge in [-0.1, -0.05) is 0 Å². The minimum atomic E-state index is 0. The SMILES string of the molecule is Cl.Cl.NCc1nccc2[nH]ccc12. The van der Waals surface area contributed by atoms with Gasteiger partial charge in [-0.2, -0.15) is 0 Å². The molecule has 5 heteroatoms. The fourth-order valence-corrected chi connectivity index (χ4v) is 1.21. The van der Waals surface area contributed by atoms with E-state index in [0.29, 0.717) is 6.54 Å². The molecular formula is C8H11Cl2N3. The summed E-state index contributed by atoms with van der Waals surface area (Å²) in [5.41, 5.74) is 7.54. The molecule has 2 aromatic heterocycles. The molecule has 0 aliphatic carbocycles. The Bertz CT molecular complexity index is 372. The second-order valence-corrected chi connectivity index (χ2v) is 2.40. The molecule has 2 aromatic rings. The molecule has 0 radical (unpaired) electrons. The molecule has 72 valence electrons. The third-order valence-electron chi connectivity index (χ3n) is 1.75. The standard InChI is InChI=1S/C8H9N3.2ClH/c9-5-8-6-1-3-10-7(6)2-4-11-8;;/h1-4,10H,5,9H2;2*1H. The topological polar surface area (TPSA) is 54.7 Å². The summed E-state index contributed by atoms with van der Waals surface area (Å²) in [6.07, 6.45) is 3.66. The van der Waals surface area contributed by atoms with Crippen LogP contribution >= 0.6 is 24.8 Å². The zero-order chi connectivity index (χ0) is 7.68. The van der Waals surface area contributed by atoms with Gasteiger partial charge < -0.3 is 10.7 Å². The van der Waals surface area contributed by atoms with E-state index in [1.54, 1.807) is 6.20 Å². The van der Waals surface area contributed by atoms with Gasteiger partial charge in [-0.3, -0.25) is 4.98 Å². The fraction of sp³-hybridized carbons (Fsp3) is 0.125. The Labute approximate surface area is 88.6 Å². The van der Waals surface area contributed by atoms with E-state index >= 15 is 0 Å². The van der Waals surface area contributed by atoms with Gasteiger partial charge in [0, 0.05) is 29.8 Å². The third-order valence-corrected chi connectivity index (χ3v) is 1.75. The normalized spacial score (nSPS) is 9.00. The van der Waals surface area contributed by atoms with Crippen molar-refractivity contribution in [3.8, 4) is 0 Å². The number of aromatic nitrogens is 2. The number of hydrogen-bond donors (Lipinski definition) is 2. The lowest BCUT2D eigenvalue weighted by Gasteiger charge is -1.95. The first-order chi connectivity index (χ1) is 5.42. The van der Waals surface area contributed by atoms with Crippen molar-refractivity contribution in [1.29, 1.82) is 0 Å². The lowest BCUT2D eigenvalue weighted by Crippen LogP contribution is -1.98. The highest BCUT2D eigenvalue weighted by Gasteiger charge is 1.98. The summed E-state index contributed by atoms with van der Waals surface area (Å²) in [5, 5.41) is 1.12. The van der Waals surface area contributed by atoms with Crippen LogP contribution in [-0.2, 0) is 6.54 Å². The number of nitrogens with one attached hydrogen (secondary N) is 1. The maximum absolute atomic E-state index is 5.50. The van der Waals surface area contributed by atoms with Crippen LogP contribution in [0.1, 0.15) is 5.69 Å². The zero-order valence-corrected chi connectivity index (χ0v) is 8.49. The second kappa shape index (κ2) is 5.07. The van der Waals surface area contributed by atoms with Gasteiger partial charge in [-0.15, -0.1) is 24.8 Å². The summed E-state index contributed by atoms with van der Waals surface area (Å²) >= 11 is 0. The van der Waals surface area contributed by atoms with Crippen LogP contribution in [0.2, 0.25) is 0 Å². The molecule has 0 amide bonds. The molecule has 13 heavy (non-hydrogen) atoms. The molecule has 0 bridgehead atoms. The lowest BCUT2D eigenvalue weighted by atomic mass is 10.2. The van der Waals surface area contributed by atoms with E-state index in [0.717, 1.165) is 16.6 Å². The monoisotopic (exact) mass is 219 g/mol. The van der Waals surface area contributed by atoms with Gasteiger partial charge in [-0.05, 0) is 12.1 Å². The summed E-state index contributed by atoms with van der Waals surface area (Å²) in [4.78, 5) is 7.25. The number of fused-ring (bicyclic) bond motifs is 1. The van der Waals surface area contributed by atoms with Gasteiger partial charge in [0.15, 0.2) is 0 Å². The van der Waals surface area contributed by atoms with Crippen molar-refractivity contribution < 1.29 is 0 Å². The van der Waals surface area contributed by atoms with Crippen LogP contribution < -0.4 is 5.73 Å². The van der Waals surface area contributed by atoms with Gasteiger partial charge in [0.05, 0.1) is 5.69 Å². The van der Waals surface area contributed by atoms with Gasteiger partial charge in [0.25, 0.3) is 0 Å². The predicted octanol–water partition coefficient (Wildman–Crippen LogP) is 1.87. The largest absolute Gasteiger partial charge is 0.361 e. The highest BCUT2D eigenvalue weighted by molar-refractivity contribution is 5.85. The molecule has 0 aromatic carbocycles. The van der Waals surface area contributed by atoms with Crippen LogP contribution in [0.15, 0.2) is 24.5 Å². The van der Waals surface area contributed by atoms with Crippen LogP contribution in [0.4, 0.5) is 0 Å². The molecule has 3 nitrogen and oxygen atoms in total. The Kier molecular flexibility index (Phi) is 4.77. The Morgan fingerprint density at radius 1 is 1.31 bits per heavy atom. The van der Waals surface area contributed by atoms with Gasteiger partial charge in [0.2, 0.25) is 0 Å². The van der Waals surface area contributed by atoms with E-state index < -0.39 is 0 Å². The first kappa shape index (κ1) is 12.2. The Balaban J connectivity index is 0.000000720. The molecule has 0 fully saturated rings. The minimum absolute atomic E-state index is 0. The summed E-state index contributed by atoms with van der Waals surface area (Å²) in [7, 11) is 0. The summed E-state index contributed by atoms with van der Waals surface area (Å²) < 4.78 is 0. The van der Waals surface area contributed by atoms with E-state index in [1.165, 1.54) is 0 Å². The van der Waals surface area contributed by atoms with E-state index in [-0.39, 0.29) is 24.8 Å². The number of rotatable bonds is 1. The summed E-state index contributed by atoms with van der Waals surface area (Å²) in [6, 6.07) is 3.93. The van der Waals surface area contributed by atoms with Gasteiger partial charge in [-0.25, -0.2) is 0 Å². The maximum Gasteiger partial charge on any atom is 0.0633 e. The quantitative estimate of drug-likeness (QED) is 0.770. The zero-order valence-electron chi connectivity index (χ0n) is 6.86. The number of nitrogens with zero attached hydrogens (tertiary/aromatic N) is 1. The Morgan fingerprint density at radius 3 is 2.77 bits per heavy atom. The second-order valence-electron chi connectivity index (χ2n) is 2.40. The molecule has 0 saturated heterocycles. The number of nitrogens with two attached hydrogens (primary N) is 1. The van der Waals surface area contributed by atoms with Crippen molar-refractivity contribution in [2.24, 2.45) is 5.73 Å². The molecule has 2 heterocycles. The van der Waals surface area contributed by atoms with Crippen LogP contribution in [0.3, 0.4) is 0 Å². The average Bonchev–Trinajstić information content (AvgIpc) is 2.50. The highest BCUT2D eigenvalue weighted by atomic mass is 35.5. The number of pyridine rings is 1. The fourth-order valence-electron chi connectivity index (χ4n) is 1.21. The molecule has 0 unspecified atom stereocenters. The van der Waals surface area contributed by atoms with Crippen molar-refractivity contribution in [3.63, 3.8) is 0 Å². The van der Waals surface area contributed by atoms with Crippen molar-refractivity contribution in [2.45, 2.75) is 6.54 Å². The van der Waals surface area contributed by atoms with E-state index in [9.17, 15) is 0 Å². The minimum Gasteiger partial charge on any atom is -0.361 e. The van der Waals surface area contributed by atoms with Crippen molar-refractivity contribution >= 4 is 35.7 Å². The molecule has 3 N–H and O–H groups in total.